The third-order valence-electron chi connectivity index (χ3n) is 4.61. The Labute approximate surface area is 158 Å². The Morgan fingerprint density at radius 3 is 2.88 bits per heavy atom. The minimum atomic E-state index is -0.0363. The molecule has 0 aliphatic carbocycles. The zero-order chi connectivity index (χ0) is 18.7. The van der Waals surface area contributed by atoms with Crippen molar-refractivity contribution in [3.05, 3.63) is 75.5 Å². The van der Waals surface area contributed by atoms with E-state index in [1.807, 2.05) is 29.2 Å². The second kappa shape index (κ2) is 7.70. The van der Waals surface area contributed by atoms with Crippen LogP contribution in [0.15, 0.2) is 54.1 Å². The van der Waals surface area contributed by atoms with E-state index in [9.17, 15) is 4.79 Å². The van der Waals surface area contributed by atoms with Gasteiger partial charge in [0, 0.05) is 46.7 Å². The summed E-state index contributed by atoms with van der Waals surface area (Å²) in [6.45, 7) is 7.02. The van der Waals surface area contributed by atoms with Crippen molar-refractivity contribution in [2.45, 2.75) is 19.4 Å². The highest BCUT2D eigenvalue weighted by Gasteiger charge is 2.31. The normalized spacial score (nSPS) is 17.4. The van der Waals surface area contributed by atoms with Crippen LogP contribution in [0.5, 0.6) is 0 Å². The van der Waals surface area contributed by atoms with E-state index in [2.05, 4.69) is 30.6 Å². The van der Waals surface area contributed by atoms with Crippen LogP contribution in [0.2, 0.25) is 0 Å². The van der Waals surface area contributed by atoms with Gasteiger partial charge in [0.2, 0.25) is 5.91 Å². The Morgan fingerprint density at radius 1 is 1.38 bits per heavy atom. The van der Waals surface area contributed by atoms with Crippen LogP contribution < -0.4 is 5.73 Å². The lowest BCUT2D eigenvalue weighted by Gasteiger charge is -2.33. The Kier molecular flexibility index (Phi) is 5.38. The van der Waals surface area contributed by atoms with Gasteiger partial charge in [0.1, 0.15) is 0 Å². The summed E-state index contributed by atoms with van der Waals surface area (Å²) in [6, 6.07) is 10.4. The molecule has 1 aromatic carbocycles. The fourth-order valence-electron chi connectivity index (χ4n) is 3.43. The molecule has 1 aliphatic heterocycles. The summed E-state index contributed by atoms with van der Waals surface area (Å²) in [7, 11) is 1.72. The Hall–Kier alpha value is -2.66. The van der Waals surface area contributed by atoms with Gasteiger partial charge in [-0.15, -0.1) is 11.3 Å². The largest absolute Gasteiger partial charge is 0.398 e. The minimum absolute atomic E-state index is 0.0363. The fraction of sp³-hybridized carbons (Fsp3) is 0.238. The van der Waals surface area contributed by atoms with Crippen molar-refractivity contribution in [2.75, 3.05) is 13.6 Å². The van der Waals surface area contributed by atoms with E-state index in [0.29, 0.717) is 18.8 Å². The standard InChI is InChI=1S/C21H23N3OS/c1-4-21(25)24-12-18(17-11-14(2)26-20(17)13-24)15-7-5-6-8-16(15)19(22)9-10-23-3/h4-11,18H,1,12-13,22H2,2-3H3/b19-9-,23-10?/t18-/m1/s1. The van der Waals surface area contributed by atoms with E-state index in [0.717, 1.165) is 11.1 Å². The van der Waals surface area contributed by atoms with E-state index >= 15 is 0 Å². The molecule has 0 fully saturated rings. The van der Waals surface area contributed by atoms with Gasteiger partial charge < -0.3 is 10.6 Å². The van der Waals surface area contributed by atoms with Gasteiger partial charge in [-0.2, -0.15) is 0 Å². The summed E-state index contributed by atoms with van der Waals surface area (Å²) in [4.78, 5) is 20.6. The first-order valence-corrected chi connectivity index (χ1v) is 9.34. The number of rotatable bonds is 4. The molecule has 1 aromatic heterocycles. The number of allylic oxidation sites excluding steroid dienone is 1. The van der Waals surface area contributed by atoms with Crippen molar-refractivity contribution in [2.24, 2.45) is 10.7 Å². The summed E-state index contributed by atoms with van der Waals surface area (Å²) in [6.07, 6.45) is 4.90. The van der Waals surface area contributed by atoms with E-state index in [-0.39, 0.29) is 11.8 Å². The lowest BCUT2D eigenvalue weighted by molar-refractivity contribution is -0.127. The molecule has 5 heteroatoms. The maximum Gasteiger partial charge on any atom is 0.246 e. The Bertz CT molecular complexity index is 894. The summed E-state index contributed by atoms with van der Waals surface area (Å²) in [5.74, 6) is 0.0557. The molecule has 26 heavy (non-hydrogen) atoms. The number of carbonyl (C=O) groups is 1. The topological polar surface area (TPSA) is 58.7 Å². The summed E-state index contributed by atoms with van der Waals surface area (Å²) < 4.78 is 0. The highest BCUT2D eigenvalue weighted by molar-refractivity contribution is 7.12. The quantitative estimate of drug-likeness (QED) is 0.663. The van der Waals surface area contributed by atoms with E-state index in [4.69, 9.17) is 5.73 Å². The van der Waals surface area contributed by atoms with Crippen molar-refractivity contribution >= 4 is 29.2 Å². The summed E-state index contributed by atoms with van der Waals surface area (Å²) >= 11 is 1.75. The van der Waals surface area contributed by atoms with Crippen LogP contribution in [-0.2, 0) is 11.3 Å². The lowest BCUT2D eigenvalue weighted by atomic mass is 9.84. The van der Waals surface area contributed by atoms with Crippen LogP contribution in [0.4, 0.5) is 0 Å². The molecule has 2 aromatic rings. The second-order valence-corrected chi connectivity index (χ2v) is 7.67. The molecule has 2 heterocycles. The molecule has 3 rings (SSSR count). The lowest BCUT2D eigenvalue weighted by Crippen LogP contribution is -2.37. The summed E-state index contributed by atoms with van der Waals surface area (Å²) in [5.41, 5.74) is 10.4. The van der Waals surface area contributed by atoms with Crippen molar-refractivity contribution in [3.8, 4) is 0 Å². The number of aryl methyl sites for hydroxylation is 1. The van der Waals surface area contributed by atoms with E-state index in [1.165, 1.54) is 21.4 Å². The molecule has 2 N–H and O–H groups in total. The average molecular weight is 366 g/mol. The number of hydrogen-bond acceptors (Lipinski definition) is 4. The number of thiophene rings is 1. The number of benzene rings is 1. The SMILES string of the molecule is C=CC(=O)N1Cc2sc(C)cc2[C@@H](c2ccccc2/C(N)=C/C=NC)C1. The third kappa shape index (κ3) is 3.48. The molecule has 0 radical (unpaired) electrons. The molecule has 0 unspecified atom stereocenters. The number of nitrogens with zero attached hydrogens (tertiary/aromatic N) is 2. The third-order valence-corrected chi connectivity index (χ3v) is 5.67. The number of carbonyl (C=O) groups excluding carboxylic acids is 1. The first kappa shape index (κ1) is 18.1. The van der Waals surface area contributed by atoms with Crippen LogP contribution in [0.3, 0.4) is 0 Å². The van der Waals surface area contributed by atoms with Crippen LogP contribution >= 0.6 is 11.3 Å². The van der Waals surface area contributed by atoms with Crippen LogP contribution in [-0.4, -0.2) is 30.6 Å². The van der Waals surface area contributed by atoms with Crippen molar-refractivity contribution in [3.63, 3.8) is 0 Å². The zero-order valence-electron chi connectivity index (χ0n) is 15.1. The van der Waals surface area contributed by atoms with E-state index in [1.54, 1.807) is 24.6 Å². The van der Waals surface area contributed by atoms with Crippen molar-refractivity contribution < 1.29 is 4.79 Å². The first-order chi connectivity index (χ1) is 12.5. The van der Waals surface area contributed by atoms with Crippen LogP contribution in [0, 0.1) is 6.92 Å². The highest BCUT2D eigenvalue weighted by Crippen LogP contribution is 2.40. The molecule has 1 amide bonds. The number of hydrogen-bond donors (Lipinski definition) is 1. The van der Waals surface area contributed by atoms with Gasteiger partial charge in [-0.05, 0) is 36.3 Å². The summed E-state index contributed by atoms with van der Waals surface area (Å²) in [5, 5.41) is 0. The smallest absolute Gasteiger partial charge is 0.246 e. The molecule has 0 spiro atoms. The van der Waals surface area contributed by atoms with Crippen molar-refractivity contribution in [1.82, 2.24) is 4.90 Å². The maximum absolute atomic E-state index is 12.3. The number of aliphatic imine (C=N–C) groups is 1. The molecule has 0 bridgehead atoms. The molecule has 1 atom stereocenters. The van der Waals surface area contributed by atoms with E-state index < -0.39 is 0 Å². The van der Waals surface area contributed by atoms with Gasteiger partial charge in [-0.25, -0.2) is 0 Å². The molecule has 4 nitrogen and oxygen atoms in total. The predicted octanol–water partition coefficient (Wildman–Crippen LogP) is 3.72. The second-order valence-electron chi connectivity index (χ2n) is 6.33. The molecule has 0 saturated heterocycles. The Balaban J connectivity index is 2.10. The monoisotopic (exact) mass is 365 g/mol. The van der Waals surface area contributed by atoms with Gasteiger partial charge in [-0.1, -0.05) is 30.8 Å². The maximum atomic E-state index is 12.3. The van der Waals surface area contributed by atoms with Gasteiger partial charge >= 0.3 is 0 Å². The van der Waals surface area contributed by atoms with Gasteiger partial charge in [0.25, 0.3) is 0 Å². The zero-order valence-corrected chi connectivity index (χ0v) is 15.9. The number of fused-ring (bicyclic) bond motifs is 1. The average Bonchev–Trinajstić information content (AvgIpc) is 3.04. The Morgan fingerprint density at radius 2 is 2.15 bits per heavy atom. The first-order valence-electron chi connectivity index (χ1n) is 8.53. The van der Waals surface area contributed by atoms with Crippen LogP contribution in [0.25, 0.3) is 5.70 Å². The molecule has 0 saturated carbocycles. The van der Waals surface area contributed by atoms with Gasteiger partial charge in [0.15, 0.2) is 0 Å². The molecule has 134 valence electrons. The minimum Gasteiger partial charge on any atom is -0.398 e. The molecule has 1 aliphatic rings. The number of amides is 1. The molecular weight excluding hydrogens is 342 g/mol. The van der Waals surface area contributed by atoms with Crippen molar-refractivity contribution in [1.29, 1.82) is 0 Å². The van der Waals surface area contributed by atoms with Crippen LogP contribution in [0.1, 0.15) is 32.4 Å². The molecular formula is C21H23N3OS. The number of nitrogens with two attached hydrogens (primary N) is 1. The van der Waals surface area contributed by atoms with Gasteiger partial charge in [-0.3, -0.25) is 9.79 Å². The fourth-order valence-corrected chi connectivity index (χ4v) is 4.54. The van der Waals surface area contributed by atoms with Gasteiger partial charge in [0.05, 0.1) is 6.54 Å². The highest BCUT2D eigenvalue weighted by atomic mass is 32.1. The predicted molar refractivity (Wildman–Crippen MR) is 110 cm³/mol.